The molecule has 1 N–H and O–H groups in total. The van der Waals surface area contributed by atoms with Gasteiger partial charge in [-0.2, -0.15) is 0 Å². The third-order valence-corrected chi connectivity index (χ3v) is 2.99. The van der Waals surface area contributed by atoms with Crippen LogP contribution in [0.4, 0.5) is 4.39 Å². The van der Waals surface area contributed by atoms with Crippen molar-refractivity contribution >= 4 is 11.6 Å². The van der Waals surface area contributed by atoms with Crippen molar-refractivity contribution in [3.05, 3.63) is 64.4 Å². The summed E-state index contributed by atoms with van der Waals surface area (Å²) in [7, 11) is 0. The van der Waals surface area contributed by atoms with Crippen molar-refractivity contribution in [3.8, 4) is 5.75 Å². The first-order valence-corrected chi connectivity index (χ1v) is 6.29. The molecule has 0 aromatic heterocycles. The van der Waals surface area contributed by atoms with E-state index >= 15 is 0 Å². The Kier molecular flexibility index (Phi) is 4.40. The zero-order valence-electron chi connectivity index (χ0n) is 10.4. The molecule has 100 valence electrons. The van der Waals surface area contributed by atoms with Crippen LogP contribution in [0.2, 0.25) is 5.02 Å². The predicted molar refractivity (Wildman–Crippen MR) is 72.8 cm³/mol. The molecule has 0 saturated carbocycles. The van der Waals surface area contributed by atoms with Crippen LogP contribution in [-0.2, 0) is 6.61 Å². The minimum absolute atomic E-state index is 0.263. The maximum atomic E-state index is 13.6. The Morgan fingerprint density at radius 2 is 1.89 bits per heavy atom. The van der Waals surface area contributed by atoms with Crippen molar-refractivity contribution < 1.29 is 14.2 Å². The van der Waals surface area contributed by atoms with Crippen LogP contribution in [-0.4, -0.2) is 5.11 Å². The summed E-state index contributed by atoms with van der Waals surface area (Å²) >= 11 is 5.78. The monoisotopic (exact) mass is 280 g/mol. The molecule has 0 radical (unpaired) electrons. The summed E-state index contributed by atoms with van der Waals surface area (Å²) in [6.45, 7) is 1.86. The van der Waals surface area contributed by atoms with E-state index in [0.29, 0.717) is 17.4 Å². The molecule has 2 aromatic rings. The van der Waals surface area contributed by atoms with Crippen molar-refractivity contribution in [1.29, 1.82) is 0 Å². The smallest absolute Gasteiger partial charge is 0.132 e. The summed E-state index contributed by atoms with van der Waals surface area (Å²) in [4.78, 5) is 0. The van der Waals surface area contributed by atoms with E-state index < -0.39 is 11.9 Å². The number of rotatable bonds is 4. The van der Waals surface area contributed by atoms with E-state index in [1.54, 1.807) is 18.2 Å². The summed E-state index contributed by atoms with van der Waals surface area (Å²) < 4.78 is 19.1. The molecule has 1 atom stereocenters. The number of aliphatic hydroxyl groups excluding tert-OH is 1. The fourth-order valence-corrected chi connectivity index (χ4v) is 1.81. The van der Waals surface area contributed by atoms with Gasteiger partial charge in [-0.25, -0.2) is 4.39 Å². The number of ether oxygens (including phenoxy) is 1. The van der Waals surface area contributed by atoms with Gasteiger partial charge in [0, 0.05) is 16.7 Å². The molecule has 0 aliphatic rings. The fraction of sp³-hybridized carbons (Fsp3) is 0.200. The summed E-state index contributed by atoms with van der Waals surface area (Å²) in [5.74, 6) is -0.0412. The summed E-state index contributed by atoms with van der Waals surface area (Å²) in [6.07, 6.45) is -0.828. The molecule has 0 aliphatic heterocycles. The van der Waals surface area contributed by atoms with Crippen LogP contribution in [0, 0.1) is 5.82 Å². The standard InChI is InChI=1S/C15H14ClFO2/c1-10(18)14-7-6-13(8-15(14)17)19-9-11-2-4-12(16)5-3-11/h2-8,10,18H,9H2,1H3/t10-/m1/s1. The van der Waals surface area contributed by atoms with Crippen LogP contribution in [0.1, 0.15) is 24.2 Å². The van der Waals surface area contributed by atoms with E-state index in [2.05, 4.69) is 0 Å². The van der Waals surface area contributed by atoms with Gasteiger partial charge in [0.15, 0.2) is 0 Å². The zero-order valence-corrected chi connectivity index (χ0v) is 11.2. The normalized spacial score (nSPS) is 12.2. The van der Waals surface area contributed by atoms with Gasteiger partial charge in [-0.15, -0.1) is 0 Å². The second kappa shape index (κ2) is 6.04. The molecule has 2 nitrogen and oxygen atoms in total. The minimum Gasteiger partial charge on any atom is -0.489 e. The lowest BCUT2D eigenvalue weighted by Gasteiger charge is -2.10. The molecule has 0 bridgehead atoms. The summed E-state index contributed by atoms with van der Waals surface area (Å²) in [5.41, 5.74) is 1.21. The van der Waals surface area contributed by atoms with Gasteiger partial charge in [-0.05, 0) is 36.8 Å². The highest BCUT2D eigenvalue weighted by molar-refractivity contribution is 6.30. The largest absolute Gasteiger partial charge is 0.489 e. The molecule has 0 unspecified atom stereocenters. The second-order valence-corrected chi connectivity index (χ2v) is 4.71. The summed E-state index contributed by atoms with van der Waals surface area (Å²) in [6, 6.07) is 11.7. The lowest BCUT2D eigenvalue weighted by atomic mass is 10.1. The molecular weight excluding hydrogens is 267 g/mol. The van der Waals surface area contributed by atoms with E-state index in [1.807, 2.05) is 12.1 Å². The third kappa shape index (κ3) is 3.69. The molecule has 0 saturated heterocycles. The number of hydrogen-bond acceptors (Lipinski definition) is 2. The maximum Gasteiger partial charge on any atom is 0.132 e. The van der Waals surface area contributed by atoms with E-state index in [0.717, 1.165) is 5.56 Å². The van der Waals surface area contributed by atoms with Gasteiger partial charge in [0.1, 0.15) is 18.2 Å². The van der Waals surface area contributed by atoms with Gasteiger partial charge in [0.25, 0.3) is 0 Å². The van der Waals surface area contributed by atoms with Gasteiger partial charge < -0.3 is 9.84 Å². The Balaban J connectivity index is 2.04. The number of benzene rings is 2. The van der Waals surface area contributed by atoms with Crippen LogP contribution >= 0.6 is 11.6 Å². The number of hydrogen-bond donors (Lipinski definition) is 1. The van der Waals surface area contributed by atoms with E-state index in [4.69, 9.17) is 16.3 Å². The minimum atomic E-state index is -0.828. The maximum absolute atomic E-state index is 13.6. The Labute approximate surface area is 116 Å². The Morgan fingerprint density at radius 1 is 1.21 bits per heavy atom. The van der Waals surface area contributed by atoms with Crippen LogP contribution < -0.4 is 4.74 Å². The molecule has 0 fully saturated rings. The quantitative estimate of drug-likeness (QED) is 0.913. The summed E-state index contributed by atoms with van der Waals surface area (Å²) in [5, 5.41) is 10.00. The molecule has 4 heteroatoms. The van der Waals surface area contributed by atoms with Crippen molar-refractivity contribution in [3.63, 3.8) is 0 Å². The van der Waals surface area contributed by atoms with Gasteiger partial charge in [-0.3, -0.25) is 0 Å². The van der Waals surface area contributed by atoms with E-state index in [9.17, 15) is 9.50 Å². The molecule has 2 aromatic carbocycles. The van der Waals surface area contributed by atoms with Crippen LogP contribution in [0.15, 0.2) is 42.5 Å². The molecule has 0 spiro atoms. The van der Waals surface area contributed by atoms with Gasteiger partial charge in [0.05, 0.1) is 6.10 Å². The SMILES string of the molecule is C[C@@H](O)c1ccc(OCc2ccc(Cl)cc2)cc1F. The topological polar surface area (TPSA) is 29.5 Å². The molecule has 2 rings (SSSR count). The second-order valence-electron chi connectivity index (χ2n) is 4.27. The number of halogens is 2. The lowest BCUT2D eigenvalue weighted by molar-refractivity contribution is 0.194. The Bertz CT molecular complexity index is 553. The van der Waals surface area contributed by atoms with Crippen molar-refractivity contribution in [2.75, 3.05) is 0 Å². The van der Waals surface area contributed by atoms with Gasteiger partial charge in [-0.1, -0.05) is 23.7 Å². The third-order valence-electron chi connectivity index (χ3n) is 2.74. The molecule has 0 amide bonds. The zero-order chi connectivity index (χ0) is 13.8. The molecule has 19 heavy (non-hydrogen) atoms. The van der Waals surface area contributed by atoms with Crippen molar-refractivity contribution in [2.45, 2.75) is 19.6 Å². The Hall–Kier alpha value is -1.58. The molecular formula is C15H14ClFO2. The molecule has 0 aliphatic carbocycles. The van der Waals surface area contributed by atoms with Crippen LogP contribution in [0.5, 0.6) is 5.75 Å². The highest BCUT2D eigenvalue weighted by Gasteiger charge is 2.09. The first-order valence-electron chi connectivity index (χ1n) is 5.91. The lowest BCUT2D eigenvalue weighted by Crippen LogP contribution is -1.99. The van der Waals surface area contributed by atoms with E-state index in [1.165, 1.54) is 19.1 Å². The van der Waals surface area contributed by atoms with Gasteiger partial charge in [0.2, 0.25) is 0 Å². The molecule has 0 heterocycles. The first kappa shape index (κ1) is 13.8. The van der Waals surface area contributed by atoms with Crippen LogP contribution in [0.25, 0.3) is 0 Å². The average Bonchev–Trinajstić information content (AvgIpc) is 2.37. The van der Waals surface area contributed by atoms with Gasteiger partial charge >= 0.3 is 0 Å². The highest BCUT2D eigenvalue weighted by atomic mass is 35.5. The average molecular weight is 281 g/mol. The van der Waals surface area contributed by atoms with Crippen molar-refractivity contribution in [1.82, 2.24) is 0 Å². The van der Waals surface area contributed by atoms with Crippen molar-refractivity contribution in [2.24, 2.45) is 0 Å². The highest BCUT2D eigenvalue weighted by Crippen LogP contribution is 2.22. The van der Waals surface area contributed by atoms with Crippen LogP contribution in [0.3, 0.4) is 0 Å². The Morgan fingerprint density at radius 3 is 2.47 bits per heavy atom. The fourth-order valence-electron chi connectivity index (χ4n) is 1.68. The van der Waals surface area contributed by atoms with E-state index in [-0.39, 0.29) is 5.56 Å². The number of aliphatic hydroxyl groups is 1. The predicted octanol–water partition coefficient (Wildman–Crippen LogP) is 4.11. The first-order chi connectivity index (χ1) is 9.06.